The number of amides is 3. The Bertz CT molecular complexity index is 689. The van der Waals surface area contributed by atoms with Crippen molar-refractivity contribution in [2.24, 2.45) is 0 Å². The summed E-state index contributed by atoms with van der Waals surface area (Å²) in [5.74, 6) is -0.166. The van der Waals surface area contributed by atoms with Crippen LogP contribution < -0.4 is 16.0 Å². The zero-order valence-corrected chi connectivity index (χ0v) is 12.8. The number of anilines is 2. The Labute approximate surface area is 133 Å². The predicted molar refractivity (Wildman–Crippen MR) is 88.1 cm³/mol. The molecule has 0 fully saturated rings. The minimum Gasteiger partial charge on any atom is -0.334 e. The number of nitrogens with one attached hydrogen (secondary N) is 3. The molecule has 0 unspecified atom stereocenters. The molecule has 0 radical (unpaired) electrons. The fourth-order valence-electron chi connectivity index (χ4n) is 1.87. The van der Waals surface area contributed by atoms with Crippen LogP contribution in [0.5, 0.6) is 0 Å². The topological polar surface area (TPSA) is 70.2 Å². The van der Waals surface area contributed by atoms with E-state index in [0.29, 0.717) is 22.9 Å². The molecule has 0 saturated carbocycles. The molecule has 3 amide bonds. The van der Waals surface area contributed by atoms with Gasteiger partial charge in [-0.2, -0.15) is 0 Å². The van der Waals surface area contributed by atoms with Gasteiger partial charge in [0.15, 0.2) is 0 Å². The zero-order valence-electron chi connectivity index (χ0n) is 12.0. The minimum atomic E-state index is -0.347. The molecule has 2 aromatic rings. The van der Waals surface area contributed by atoms with Crippen LogP contribution in [0.3, 0.4) is 0 Å². The molecule has 0 bridgehead atoms. The van der Waals surface area contributed by atoms with Gasteiger partial charge in [-0.25, -0.2) is 4.79 Å². The smallest absolute Gasteiger partial charge is 0.319 e. The summed E-state index contributed by atoms with van der Waals surface area (Å²) in [4.78, 5) is 22.9. The normalized spacial score (nSPS) is 9.91. The van der Waals surface area contributed by atoms with Crippen molar-refractivity contribution >= 4 is 34.9 Å². The molecule has 5 nitrogen and oxygen atoms in total. The van der Waals surface area contributed by atoms with Gasteiger partial charge in [0.2, 0.25) is 5.91 Å². The Hall–Kier alpha value is -2.53. The third-order valence-corrected chi connectivity index (χ3v) is 3.21. The van der Waals surface area contributed by atoms with Crippen LogP contribution in [-0.2, 0) is 11.3 Å². The number of hydrogen-bond acceptors (Lipinski definition) is 2. The highest BCUT2D eigenvalue weighted by Gasteiger charge is 2.05. The molecule has 0 saturated heterocycles. The van der Waals surface area contributed by atoms with Gasteiger partial charge in [0, 0.05) is 29.9 Å². The van der Waals surface area contributed by atoms with Gasteiger partial charge in [0.25, 0.3) is 0 Å². The van der Waals surface area contributed by atoms with E-state index in [0.717, 1.165) is 5.56 Å². The number of rotatable bonds is 4. The molecule has 114 valence electrons. The quantitative estimate of drug-likeness (QED) is 0.806. The summed E-state index contributed by atoms with van der Waals surface area (Å²) in [5, 5.41) is 8.69. The first kappa shape index (κ1) is 15.9. The van der Waals surface area contributed by atoms with Gasteiger partial charge >= 0.3 is 6.03 Å². The molecule has 0 aliphatic carbocycles. The van der Waals surface area contributed by atoms with Crippen LogP contribution in [0.1, 0.15) is 12.5 Å². The van der Waals surface area contributed by atoms with Crippen molar-refractivity contribution in [2.45, 2.75) is 13.5 Å². The van der Waals surface area contributed by atoms with E-state index in [9.17, 15) is 9.59 Å². The number of halogens is 1. The summed E-state index contributed by atoms with van der Waals surface area (Å²) in [7, 11) is 0. The maximum absolute atomic E-state index is 11.9. The van der Waals surface area contributed by atoms with Crippen molar-refractivity contribution in [3.63, 3.8) is 0 Å². The van der Waals surface area contributed by atoms with Crippen LogP contribution in [0, 0.1) is 0 Å². The monoisotopic (exact) mass is 317 g/mol. The van der Waals surface area contributed by atoms with E-state index < -0.39 is 0 Å². The van der Waals surface area contributed by atoms with Crippen molar-refractivity contribution in [3.05, 3.63) is 59.1 Å². The van der Waals surface area contributed by atoms with E-state index in [1.165, 1.54) is 6.92 Å². The largest absolute Gasteiger partial charge is 0.334 e. The molecule has 0 aliphatic rings. The Morgan fingerprint density at radius 1 is 1.00 bits per heavy atom. The van der Waals surface area contributed by atoms with Crippen molar-refractivity contribution in [1.82, 2.24) is 5.32 Å². The maximum Gasteiger partial charge on any atom is 0.319 e. The molecule has 2 rings (SSSR count). The Morgan fingerprint density at radius 2 is 1.68 bits per heavy atom. The van der Waals surface area contributed by atoms with E-state index >= 15 is 0 Å². The van der Waals surface area contributed by atoms with E-state index in [4.69, 9.17) is 11.6 Å². The van der Waals surface area contributed by atoms with Crippen molar-refractivity contribution < 1.29 is 9.59 Å². The molecule has 0 heterocycles. The van der Waals surface area contributed by atoms with Crippen LogP contribution in [0.25, 0.3) is 0 Å². The molecule has 0 aromatic heterocycles. The van der Waals surface area contributed by atoms with E-state index in [1.54, 1.807) is 30.3 Å². The highest BCUT2D eigenvalue weighted by Crippen LogP contribution is 2.16. The number of carbonyl (C=O) groups is 2. The number of urea groups is 1. The Morgan fingerprint density at radius 3 is 2.36 bits per heavy atom. The SMILES string of the molecule is CC(=O)Nc1cccc(NC(=O)NCc2ccccc2Cl)c1. The predicted octanol–water partition coefficient (Wildman–Crippen LogP) is 3.62. The summed E-state index contributed by atoms with van der Waals surface area (Å²) >= 11 is 6.03. The first-order valence-corrected chi connectivity index (χ1v) is 7.08. The highest BCUT2D eigenvalue weighted by atomic mass is 35.5. The first-order valence-electron chi connectivity index (χ1n) is 6.70. The second kappa shape index (κ2) is 7.47. The van der Waals surface area contributed by atoms with Crippen molar-refractivity contribution in [1.29, 1.82) is 0 Å². The van der Waals surface area contributed by atoms with Crippen LogP contribution >= 0.6 is 11.6 Å². The number of benzene rings is 2. The lowest BCUT2D eigenvalue weighted by Crippen LogP contribution is -2.28. The second-order valence-corrected chi connectivity index (χ2v) is 5.07. The van der Waals surface area contributed by atoms with Gasteiger partial charge in [-0.15, -0.1) is 0 Å². The average molecular weight is 318 g/mol. The number of carbonyl (C=O) groups excluding carboxylic acids is 2. The summed E-state index contributed by atoms with van der Waals surface area (Å²) in [6.45, 7) is 1.76. The molecular weight excluding hydrogens is 302 g/mol. The van der Waals surface area contributed by atoms with E-state index in [1.807, 2.05) is 18.2 Å². The summed E-state index contributed by atoms with van der Waals surface area (Å²) < 4.78 is 0. The molecule has 2 aromatic carbocycles. The average Bonchev–Trinajstić information content (AvgIpc) is 2.46. The number of hydrogen-bond donors (Lipinski definition) is 3. The third-order valence-electron chi connectivity index (χ3n) is 2.84. The van der Waals surface area contributed by atoms with E-state index in [2.05, 4.69) is 16.0 Å². The van der Waals surface area contributed by atoms with Crippen LogP contribution in [-0.4, -0.2) is 11.9 Å². The Balaban J connectivity index is 1.92. The lowest BCUT2D eigenvalue weighted by molar-refractivity contribution is -0.114. The first-order chi connectivity index (χ1) is 10.5. The maximum atomic E-state index is 11.9. The van der Waals surface area contributed by atoms with Gasteiger partial charge in [-0.05, 0) is 29.8 Å². The van der Waals surface area contributed by atoms with Crippen LogP contribution in [0.15, 0.2) is 48.5 Å². The van der Waals surface area contributed by atoms with Gasteiger partial charge in [-0.1, -0.05) is 35.9 Å². The van der Waals surface area contributed by atoms with Gasteiger partial charge in [0.05, 0.1) is 0 Å². The van der Waals surface area contributed by atoms with Gasteiger partial charge in [-0.3, -0.25) is 4.79 Å². The highest BCUT2D eigenvalue weighted by molar-refractivity contribution is 6.31. The van der Waals surface area contributed by atoms with Crippen molar-refractivity contribution in [3.8, 4) is 0 Å². The van der Waals surface area contributed by atoms with Gasteiger partial charge in [0.1, 0.15) is 0 Å². The second-order valence-electron chi connectivity index (χ2n) is 4.66. The third kappa shape index (κ3) is 4.79. The fraction of sp³-hybridized carbons (Fsp3) is 0.125. The standard InChI is InChI=1S/C16H16ClN3O2/c1-11(21)19-13-6-4-7-14(9-13)20-16(22)18-10-12-5-2-3-8-15(12)17/h2-9H,10H2,1H3,(H,19,21)(H2,18,20,22). The molecule has 6 heteroatoms. The lowest BCUT2D eigenvalue weighted by atomic mass is 10.2. The molecular formula is C16H16ClN3O2. The fourth-order valence-corrected chi connectivity index (χ4v) is 2.07. The van der Waals surface area contributed by atoms with Crippen molar-refractivity contribution in [2.75, 3.05) is 10.6 Å². The summed E-state index contributed by atoms with van der Waals surface area (Å²) in [5.41, 5.74) is 2.05. The van der Waals surface area contributed by atoms with Crippen LogP contribution in [0.2, 0.25) is 5.02 Å². The van der Waals surface area contributed by atoms with Gasteiger partial charge < -0.3 is 16.0 Å². The lowest BCUT2D eigenvalue weighted by Gasteiger charge is -2.10. The molecule has 22 heavy (non-hydrogen) atoms. The molecule has 0 aliphatic heterocycles. The Kier molecular flexibility index (Phi) is 5.38. The van der Waals surface area contributed by atoms with E-state index in [-0.39, 0.29) is 11.9 Å². The molecule has 3 N–H and O–H groups in total. The zero-order chi connectivity index (χ0) is 15.9. The van der Waals surface area contributed by atoms with Crippen LogP contribution in [0.4, 0.5) is 16.2 Å². The summed E-state index contributed by atoms with van der Waals surface area (Å²) in [6, 6.07) is 13.9. The minimum absolute atomic E-state index is 0.166. The summed E-state index contributed by atoms with van der Waals surface area (Å²) in [6.07, 6.45) is 0. The molecule has 0 atom stereocenters. The molecule has 0 spiro atoms.